The average molecular weight is 344 g/mol. The second-order valence-corrected chi connectivity index (χ2v) is 7.07. The summed E-state index contributed by atoms with van der Waals surface area (Å²) in [6.45, 7) is 0.973. The van der Waals surface area contributed by atoms with Gasteiger partial charge in [-0.15, -0.1) is 18.3 Å². The van der Waals surface area contributed by atoms with Gasteiger partial charge in [-0.05, 0) is 38.5 Å². The van der Waals surface area contributed by atoms with Gasteiger partial charge in [-0.3, -0.25) is 5.32 Å². The van der Waals surface area contributed by atoms with Crippen molar-refractivity contribution in [1.29, 1.82) is 0 Å². The van der Waals surface area contributed by atoms with Crippen molar-refractivity contribution in [2.75, 3.05) is 18.4 Å². The van der Waals surface area contributed by atoms with Gasteiger partial charge in [-0.2, -0.15) is 4.68 Å². The van der Waals surface area contributed by atoms with E-state index in [9.17, 15) is 18.0 Å². The van der Waals surface area contributed by atoms with Gasteiger partial charge < -0.3 is 9.64 Å². The number of ether oxygens (including phenoxy) is 1. The summed E-state index contributed by atoms with van der Waals surface area (Å²) in [5, 5.41) is 5.83. The number of nitrogens with zero attached hydrogens (tertiary/aromatic N) is 3. The highest BCUT2D eigenvalue weighted by Gasteiger charge is 2.54. The standard InChI is InChI=1S/C15H19F3N4O2/c16-15(17,18)22-8-3-11(20-22)19-12(23)21-9-13(4-1-5-13)24-14(10-21)6-2-7-14/h3,8H,1-2,4-7,9-10H2,(H,19,20,23). The quantitative estimate of drug-likeness (QED) is 0.852. The molecular formula is C15H19F3N4O2. The van der Waals surface area contributed by atoms with E-state index in [1.165, 1.54) is 0 Å². The van der Waals surface area contributed by atoms with Crippen molar-refractivity contribution in [2.45, 2.75) is 56.0 Å². The van der Waals surface area contributed by atoms with Crippen LogP contribution in [0.2, 0.25) is 0 Å². The summed E-state index contributed by atoms with van der Waals surface area (Å²) in [7, 11) is 0. The highest BCUT2D eigenvalue weighted by Crippen LogP contribution is 2.49. The summed E-state index contributed by atoms with van der Waals surface area (Å²) in [5.74, 6) is -0.103. The normalized spacial score (nSPS) is 24.5. The Kier molecular flexibility index (Phi) is 3.35. The van der Waals surface area contributed by atoms with E-state index in [2.05, 4.69) is 10.4 Å². The van der Waals surface area contributed by atoms with Crippen molar-refractivity contribution in [3.05, 3.63) is 12.3 Å². The number of rotatable bonds is 1. The summed E-state index contributed by atoms with van der Waals surface area (Å²) in [4.78, 5) is 14.2. The van der Waals surface area contributed by atoms with Crippen LogP contribution >= 0.6 is 0 Å². The number of aromatic nitrogens is 2. The summed E-state index contributed by atoms with van der Waals surface area (Å²) in [5.41, 5.74) is -0.525. The molecule has 24 heavy (non-hydrogen) atoms. The molecule has 0 atom stereocenters. The lowest BCUT2D eigenvalue weighted by Crippen LogP contribution is -2.67. The van der Waals surface area contributed by atoms with Gasteiger partial charge >= 0.3 is 12.3 Å². The molecule has 2 heterocycles. The van der Waals surface area contributed by atoms with E-state index in [0.717, 1.165) is 50.8 Å². The molecule has 3 aliphatic rings. The maximum absolute atomic E-state index is 12.6. The molecule has 0 unspecified atom stereocenters. The Morgan fingerprint density at radius 3 is 2.17 bits per heavy atom. The van der Waals surface area contributed by atoms with Crippen molar-refractivity contribution in [3.63, 3.8) is 0 Å². The number of carbonyl (C=O) groups excluding carboxylic acids is 1. The fourth-order valence-electron chi connectivity index (χ4n) is 3.80. The van der Waals surface area contributed by atoms with Crippen LogP contribution in [0.3, 0.4) is 0 Å². The van der Waals surface area contributed by atoms with Gasteiger partial charge in [0, 0.05) is 12.3 Å². The van der Waals surface area contributed by atoms with Crippen LogP contribution < -0.4 is 5.32 Å². The second kappa shape index (κ2) is 5.11. The number of hydrogen-bond donors (Lipinski definition) is 1. The molecule has 4 rings (SSSR count). The van der Waals surface area contributed by atoms with Gasteiger partial charge in [-0.25, -0.2) is 4.79 Å². The number of halogens is 3. The average Bonchev–Trinajstić information content (AvgIpc) is 2.92. The number of amides is 2. The first kappa shape index (κ1) is 15.7. The summed E-state index contributed by atoms with van der Waals surface area (Å²) >= 11 is 0. The third-order valence-corrected chi connectivity index (χ3v) is 5.29. The number of anilines is 1. The number of morpholine rings is 1. The van der Waals surface area contributed by atoms with Gasteiger partial charge in [-0.1, -0.05) is 0 Å². The molecule has 0 radical (unpaired) electrons. The first-order valence-electron chi connectivity index (χ1n) is 8.18. The zero-order chi connectivity index (χ0) is 17.0. The van der Waals surface area contributed by atoms with E-state index < -0.39 is 12.3 Å². The minimum atomic E-state index is -4.59. The monoisotopic (exact) mass is 344 g/mol. The van der Waals surface area contributed by atoms with E-state index in [-0.39, 0.29) is 21.7 Å². The maximum atomic E-state index is 12.6. The molecule has 2 saturated carbocycles. The van der Waals surface area contributed by atoms with Crippen molar-refractivity contribution in [1.82, 2.24) is 14.7 Å². The highest BCUT2D eigenvalue weighted by atomic mass is 19.4. The van der Waals surface area contributed by atoms with Crippen LogP contribution in [-0.4, -0.2) is 45.0 Å². The van der Waals surface area contributed by atoms with Crippen LogP contribution in [0.1, 0.15) is 38.5 Å². The zero-order valence-electron chi connectivity index (χ0n) is 13.1. The Morgan fingerprint density at radius 2 is 1.75 bits per heavy atom. The number of carbonyl (C=O) groups is 1. The molecule has 0 bridgehead atoms. The molecule has 9 heteroatoms. The summed E-state index contributed by atoms with van der Waals surface area (Å²) in [6.07, 6.45) is 2.09. The predicted octanol–water partition coefficient (Wildman–Crippen LogP) is 3.07. The number of hydrogen-bond acceptors (Lipinski definition) is 3. The number of nitrogens with one attached hydrogen (secondary N) is 1. The van der Waals surface area contributed by atoms with Crippen LogP contribution in [-0.2, 0) is 11.0 Å². The van der Waals surface area contributed by atoms with E-state index in [0.29, 0.717) is 13.1 Å². The van der Waals surface area contributed by atoms with Gasteiger partial charge in [0.05, 0.1) is 24.3 Å². The largest absolute Gasteiger partial charge is 0.504 e. The van der Waals surface area contributed by atoms with Gasteiger partial charge in [0.2, 0.25) is 0 Å². The Hall–Kier alpha value is -1.77. The molecule has 1 N–H and O–H groups in total. The predicted molar refractivity (Wildman–Crippen MR) is 78.4 cm³/mol. The van der Waals surface area contributed by atoms with Crippen molar-refractivity contribution in [3.8, 4) is 0 Å². The maximum Gasteiger partial charge on any atom is 0.504 e. The van der Waals surface area contributed by atoms with Gasteiger partial charge in [0.1, 0.15) is 0 Å². The van der Waals surface area contributed by atoms with Crippen LogP contribution in [0.15, 0.2) is 12.3 Å². The van der Waals surface area contributed by atoms with Crippen LogP contribution in [0.4, 0.5) is 23.8 Å². The van der Waals surface area contributed by atoms with Crippen molar-refractivity contribution in [2.24, 2.45) is 0 Å². The topological polar surface area (TPSA) is 59.4 Å². The molecule has 0 aromatic carbocycles. The summed E-state index contributed by atoms with van der Waals surface area (Å²) in [6, 6.07) is 0.729. The fraction of sp³-hybridized carbons (Fsp3) is 0.733. The van der Waals surface area contributed by atoms with Crippen LogP contribution in [0, 0.1) is 0 Å². The minimum absolute atomic E-state index is 0.103. The Labute approximate surface area is 136 Å². The molecule has 1 aromatic heterocycles. The lowest BCUT2D eigenvalue weighted by Gasteiger charge is -2.59. The molecule has 1 aliphatic heterocycles. The number of urea groups is 1. The lowest BCUT2D eigenvalue weighted by molar-refractivity contribution is -0.256. The van der Waals surface area contributed by atoms with E-state index in [1.54, 1.807) is 4.90 Å². The Morgan fingerprint density at radius 1 is 1.17 bits per heavy atom. The lowest BCUT2D eigenvalue weighted by atomic mass is 9.72. The molecule has 2 spiro atoms. The van der Waals surface area contributed by atoms with E-state index >= 15 is 0 Å². The molecule has 2 amide bonds. The molecule has 1 aromatic rings. The van der Waals surface area contributed by atoms with Crippen molar-refractivity contribution < 1.29 is 22.7 Å². The van der Waals surface area contributed by atoms with E-state index in [4.69, 9.17) is 4.74 Å². The third-order valence-electron chi connectivity index (χ3n) is 5.29. The first-order chi connectivity index (χ1) is 11.3. The van der Waals surface area contributed by atoms with Crippen LogP contribution in [0.5, 0.6) is 0 Å². The van der Waals surface area contributed by atoms with Gasteiger partial charge in [0.15, 0.2) is 5.82 Å². The second-order valence-electron chi connectivity index (χ2n) is 7.07. The highest BCUT2D eigenvalue weighted by molar-refractivity contribution is 5.88. The minimum Gasteiger partial charge on any atom is -0.365 e. The van der Waals surface area contributed by atoms with E-state index in [1.807, 2.05) is 0 Å². The third kappa shape index (κ3) is 2.64. The smallest absolute Gasteiger partial charge is 0.365 e. The Balaban J connectivity index is 1.46. The SMILES string of the molecule is O=C(Nc1ccn(C(F)(F)F)n1)N1CC2(CCC2)OC2(CCC2)C1. The van der Waals surface area contributed by atoms with Crippen molar-refractivity contribution >= 4 is 11.8 Å². The summed E-state index contributed by atoms with van der Waals surface area (Å²) < 4.78 is 43.9. The Bertz CT molecular complexity index is 627. The molecular weight excluding hydrogens is 325 g/mol. The number of alkyl halides is 3. The van der Waals surface area contributed by atoms with Gasteiger partial charge in [0.25, 0.3) is 0 Å². The molecule has 2 aliphatic carbocycles. The first-order valence-corrected chi connectivity index (χ1v) is 8.18. The zero-order valence-corrected chi connectivity index (χ0v) is 13.1. The van der Waals surface area contributed by atoms with Crippen LogP contribution in [0.25, 0.3) is 0 Å². The molecule has 1 saturated heterocycles. The molecule has 132 valence electrons. The fourth-order valence-corrected chi connectivity index (χ4v) is 3.80. The molecule has 6 nitrogen and oxygen atoms in total. The molecule has 3 fully saturated rings.